The van der Waals surface area contributed by atoms with Crippen LogP contribution in [0, 0.1) is 0 Å². The number of carboxylic acids is 1. The molecule has 2 aliphatic rings. The van der Waals surface area contributed by atoms with Crippen molar-refractivity contribution >= 4 is 46.0 Å². The van der Waals surface area contributed by atoms with E-state index in [9.17, 15) is 14.4 Å². The molecule has 2 aliphatic heterocycles. The summed E-state index contributed by atoms with van der Waals surface area (Å²) in [5, 5.41) is 11.6. The molecule has 0 bridgehead atoms. The largest absolute Gasteiger partial charge is 0.477 e. The van der Waals surface area contributed by atoms with E-state index in [1.807, 2.05) is 0 Å². The van der Waals surface area contributed by atoms with Gasteiger partial charge in [-0.25, -0.2) is 4.79 Å². The van der Waals surface area contributed by atoms with Gasteiger partial charge in [0, 0.05) is 11.1 Å². The van der Waals surface area contributed by atoms with Crippen LogP contribution in [0.4, 0.5) is 0 Å². The molecule has 0 spiro atoms. The summed E-state index contributed by atoms with van der Waals surface area (Å²) in [5.74, 6) is -0.939. The lowest BCUT2D eigenvalue weighted by atomic mass is 10.0. The Kier molecular flexibility index (Phi) is 3.43. The molecule has 0 radical (unpaired) electrons. The fraction of sp³-hybridized carbons (Fsp3) is 0.444. The van der Waals surface area contributed by atoms with Crippen LogP contribution >= 0.6 is 27.7 Å². The normalized spacial score (nSPS) is 27.4. The van der Waals surface area contributed by atoms with Gasteiger partial charge in [-0.15, -0.1) is 11.8 Å². The highest BCUT2D eigenvalue weighted by Crippen LogP contribution is 2.40. The minimum atomic E-state index is -1.11. The first-order chi connectivity index (χ1) is 8.11. The van der Waals surface area contributed by atoms with Gasteiger partial charge in [0.1, 0.15) is 17.1 Å². The molecule has 92 valence electrons. The zero-order valence-electron chi connectivity index (χ0n) is 8.55. The summed E-state index contributed by atoms with van der Waals surface area (Å²) < 4.78 is 0. The summed E-state index contributed by atoms with van der Waals surface area (Å²) >= 11 is 4.66. The van der Waals surface area contributed by atoms with Crippen LogP contribution in [0.15, 0.2) is 11.3 Å². The van der Waals surface area contributed by atoms with Crippen molar-refractivity contribution in [2.75, 3.05) is 11.1 Å². The number of hydrogen-bond donors (Lipinski definition) is 2. The number of aliphatic carboxylic acids is 1. The Morgan fingerprint density at radius 1 is 1.71 bits per heavy atom. The molecule has 0 aromatic rings. The van der Waals surface area contributed by atoms with Gasteiger partial charge in [-0.2, -0.15) is 0 Å². The fourth-order valence-electron chi connectivity index (χ4n) is 1.88. The monoisotopic (exact) mass is 320 g/mol. The molecule has 2 rings (SSSR count). The van der Waals surface area contributed by atoms with E-state index >= 15 is 0 Å². The number of fused-ring (bicyclic) bond motifs is 1. The van der Waals surface area contributed by atoms with Gasteiger partial charge in [-0.1, -0.05) is 15.9 Å². The highest BCUT2D eigenvalue weighted by Gasteiger charge is 2.53. The van der Waals surface area contributed by atoms with E-state index in [0.717, 1.165) is 0 Å². The van der Waals surface area contributed by atoms with Gasteiger partial charge in [0.2, 0.25) is 6.41 Å². The third-order valence-corrected chi connectivity index (χ3v) is 4.68. The van der Waals surface area contributed by atoms with Gasteiger partial charge < -0.3 is 10.4 Å². The van der Waals surface area contributed by atoms with E-state index in [4.69, 9.17) is 5.11 Å². The number of carbonyl (C=O) groups is 3. The van der Waals surface area contributed by atoms with E-state index < -0.39 is 12.0 Å². The minimum Gasteiger partial charge on any atom is -0.477 e. The maximum absolute atomic E-state index is 11.7. The van der Waals surface area contributed by atoms with Crippen molar-refractivity contribution in [2.24, 2.45) is 0 Å². The van der Waals surface area contributed by atoms with Gasteiger partial charge in [-0.05, 0) is 5.57 Å². The second kappa shape index (κ2) is 4.69. The number of carboxylic acid groups (broad SMARTS) is 1. The SMILES string of the molecule is O=CN[C@@H]1C(=O)N2C(C(=O)O)=C(CBr)CS[C@@H]12. The summed E-state index contributed by atoms with van der Waals surface area (Å²) in [7, 11) is 0. The van der Waals surface area contributed by atoms with E-state index in [1.54, 1.807) is 0 Å². The number of amides is 2. The van der Waals surface area contributed by atoms with Crippen LogP contribution in [0.1, 0.15) is 0 Å². The summed E-state index contributed by atoms with van der Waals surface area (Å²) in [6.45, 7) is 0. The molecule has 2 heterocycles. The molecule has 2 N–H and O–H groups in total. The van der Waals surface area contributed by atoms with Crippen molar-refractivity contribution in [1.29, 1.82) is 0 Å². The third-order valence-electron chi connectivity index (χ3n) is 2.66. The smallest absolute Gasteiger partial charge is 0.352 e. The zero-order chi connectivity index (χ0) is 12.6. The van der Waals surface area contributed by atoms with Gasteiger partial charge in [0.05, 0.1) is 0 Å². The topological polar surface area (TPSA) is 86.7 Å². The standard InChI is InChI=1S/C9H9BrN2O4S/c10-1-4-2-17-8-5(11-3-13)7(14)12(8)6(4)9(15)16/h3,5,8H,1-2H2,(H,11,13)(H,15,16)/t5-,8+/m1/s1. The molecule has 0 saturated carbocycles. The molecule has 17 heavy (non-hydrogen) atoms. The average Bonchev–Trinajstić information content (AvgIpc) is 2.33. The second-order valence-corrected chi connectivity index (χ2v) is 5.23. The van der Waals surface area contributed by atoms with Crippen LogP contribution in [0.3, 0.4) is 0 Å². The van der Waals surface area contributed by atoms with Crippen LogP contribution in [0.5, 0.6) is 0 Å². The van der Waals surface area contributed by atoms with Crippen LogP contribution in [-0.4, -0.2) is 50.8 Å². The Bertz CT molecular complexity index is 425. The van der Waals surface area contributed by atoms with Crippen molar-refractivity contribution in [2.45, 2.75) is 11.4 Å². The molecule has 2 atom stereocenters. The summed E-state index contributed by atoms with van der Waals surface area (Å²) in [6, 6.07) is -0.608. The molecule has 1 saturated heterocycles. The number of carbonyl (C=O) groups excluding carboxylic acids is 2. The van der Waals surface area contributed by atoms with E-state index in [-0.39, 0.29) is 17.0 Å². The minimum absolute atomic E-state index is 0.0413. The number of β-lactam (4-membered cyclic amide) rings is 1. The van der Waals surface area contributed by atoms with Crippen molar-refractivity contribution in [3.63, 3.8) is 0 Å². The lowest BCUT2D eigenvalue weighted by Crippen LogP contribution is -2.69. The molecule has 8 heteroatoms. The number of hydrogen-bond acceptors (Lipinski definition) is 4. The first-order valence-electron chi connectivity index (χ1n) is 4.77. The fourth-order valence-corrected chi connectivity index (χ4v) is 3.96. The lowest BCUT2D eigenvalue weighted by molar-refractivity contribution is -0.149. The van der Waals surface area contributed by atoms with E-state index in [0.29, 0.717) is 23.1 Å². The molecule has 0 aliphatic carbocycles. The van der Waals surface area contributed by atoms with Crippen LogP contribution in [0.25, 0.3) is 0 Å². The zero-order valence-corrected chi connectivity index (χ0v) is 11.0. The average molecular weight is 321 g/mol. The van der Waals surface area contributed by atoms with Gasteiger partial charge in [0.25, 0.3) is 5.91 Å². The van der Waals surface area contributed by atoms with Crippen LogP contribution in [0.2, 0.25) is 0 Å². The molecule has 1 fully saturated rings. The Morgan fingerprint density at radius 3 is 2.94 bits per heavy atom. The summed E-state index contributed by atoms with van der Waals surface area (Å²) in [4.78, 5) is 34.5. The number of nitrogens with one attached hydrogen (secondary N) is 1. The van der Waals surface area contributed by atoms with Crippen LogP contribution in [-0.2, 0) is 14.4 Å². The van der Waals surface area contributed by atoms with Crippen molar-refractivity contribution in [3.05, 3.63) is 11.3 Å². The van der Waals surface area contributed by atoms with Crippen molar-refractivity contribution in [1.82, 2.24) is 10.2 Å². The molecule has 2 amide bonds. The number of thioether (sulfide) groups is 1. The molecule has 6 nitrogen and oxygen atoms in total. The molecular formula is C9H9BrN2O4S. The van der Waals surface area contributed by atoms with Crippen LogP contribution < -0.4 is 5.32 Å². The maximum atomic E-state index is 11.7. The maximum Gasteiger partial charge on any atom is 0.352 e. The van der Waals surface area contributed by atoms with E-state index in [1.165, 1.54) is 16.7 Å². The Labute approximate surface area is 110 Å². The lowest BCUT2D eigenvalue weighted by Gasteiger charge is -2.49. The second-order valence-electron chi connectivity index (χ2n) is 3.56. The number of halogens is 1. The quantitative estimate of drug-likeness (QED) is 0.424. The highest BCUT2D eigenvalue weighted by atomic mass is 79.9. The highest BCUT2D eigenvalue weighted by molar-refractivity contribution is 9.09. The Hall–Kier alpha value is -1.02. The van der Waals surface area contributed by atoms with Gasteiger partial charge in [-0.3, -0.25) is 14.5 Å². The first-order valence-corrected chi connectivity index (χ1v) is 6.94. The molecule has 0 aromatic heterocycles. The first kappa shape index (κ1) is 12.4. The Balaban J connectivity index is 2.29. The predicted octanol–water partition coefficient (Wildman–Crippen LogP) is -0.250. The molecular weight excluding hydrogens is 312 g/mol. The van der Waals surface area contributed by atoms with Gasteiger partial charge in [0.15, 0.2) is 0 Å². The number of rotatable bonds is 4. The van der Waals surface area contributed by atoms with Crippen molar-refractivity contribution in [3.8, 4) is 0 Å². The number of nitrogens with zero attached hydrogens (tertiary/aromatic N) is 1. The molecule has 0 unspecified atom stereocenters. The molecule has 0 aromatic carbocycles. The summed E-state index contributed by atoms with van der Waals surface area (Å²) in [5.41, 5.74) is 0.719. The Morgan fingerprint density at radius 2 is 2.41 bits per heavy atom. The predicted molar refractivity (Wildman–Crippen MR) is 64.5 cm³/mol. The number of alkyl halides is 1. The van der Waals surface area contributed by atoms with Crippen molar-refractivity contribution < 1.29 is 19.5 Å². The van der Waals surface area contributed by atoms with Gasteiger partial charge >= 0.3 is 5.97 Å². The van der Waals surface area contributed by atoms with E-state index in [2.05, 4.69) is 21.2 Å². The third kappa shape index (κ3) is 1.85. The summed E-state index contributed by atoms with van der Waals surface area (Å²) in [6.07, 6.45) is 0.463.